The molecule has 2 atom stereocenters. The van der Waals surface area contributed by atoms with Crippen molar-refractivity contribution in [2.24, 2.45) is 33.8 Å². The molecule has 222 valence electrons. The number of aliphatic imine (C=N–C) groups is 1. The van der Waals surface area contributed by atoms with E-state index in [1.807, 2.05) is 12.1 Å². The van der Waals surface area contributed by atoms with Gasteiger partial charge < -0.3 is 38.3 Å². The minimum absolute atomic E-state index is 0.0207. The van der Waals surface area contributed by atoms with E-state index in [4.69, 9.17) is 39.3 Å². The molecule has 0 aromatic heterocycles. The van der Waals surface area contributed by atoms with E-state index in [1.54, 1.807) is 18.2 Å². The summed E-state index contributed by atoms with van der Waals surface area (Å²) in [5.41, 5.74) is 23.7. The largest absolute Gasteiger partial charge is 0.487 e. The number of anilines is 1. The van der Waals surface area contributed by atoms with Crippen molar-refractivity contribution in [3.05, 3.63) is 58.6 Å². The van der Waals surface area contributed by atoms with Crippen molar-refractivity contribution in [1.82, 2.24) is 5.32 Å². The number of carbonyl (C=O) groups excluding carboxylic acids is 3. The number of nitrogens with two attached hydrogens (primary N) is 4. The lowest BCUT2D eigenvalue weighted by Gasteiger charge is -2.27. The maximum Gasteiger partial charge on any atom is 0.248 e. The van der Waals surface area contributed by atoms with E-state index in [9.17, 15) is 14.4 Å². The summed E-state index contributed by atoms with van der Waals surface area (Å²) in [5.74, 6) is -0.906. The minimum atomic E-state index is -0.820. The summed E-state index contributed by atoms with van der Waals surface area (Å²) in [7, 11) is 0. The molecule has 2 aromatic carbocycles. The van der Waals surface area contributed by atoms with Gasteiger partial charge in [-0.3, -0.25) is 19.4 Å². The minimum Gasteiger partial charge on any atom is -0.487 e. The van der Waals surface area contributed by atoms with Crippen LogP contribution in [-0.2, 0) is 16.2 Å². The van der Waals surface area contributed by atoms with E-state index >= 15 is 0 Å². The van der Waals surface area contributed by atoms with E-state index in [1.165, 1.54) is 18.6 Å². The number of ether oxygens (including phenoxy) is 1. The van der Waals surface area contributed by atoms with Gasteiger partial charge in [-0.15, -0.1) is 0 Å². The van der Waals surface area contributed by atoms with Gasteiger partial charge in [0.2, 0.25) is 17.7 Å². The molecule has 1 saturated carbocycles. The molecular weight excluding hydrogens is 546 g/mol. The van der Waals surface area contributed by atoms with Crippen LogP contribution in [0.5, 0.6) is 5.75 Å². The van der Waals surface area contributed by atoms with E-state index in [0.717, 1.165) is 31.2 Å². The second kappa shape index (κ2) is 15.8. The molecule has 10 N–H and O–H groups in total. The number of benzene rings is 2. The zero-order valence-electron chi connectivity index (χ0n) is 23.1. The molecule has 41 heavy (non-hydrogen) atoms. The van der Waals surface area contributed by atoms with Gasteiger partial charge in [0.15, 0.2) is 5.96 Å². The van der Waals surface area contributed by atoms with Gasteiger partial charge >= 0.3 is 0 Å². The van der Waals surface area contributed by atoms with Crippen molar-refractivity contribution in [3.63, 3.8) is 0 Å². The molecule has 2 aromatic rings. The highest BCUT2D eigenvalue weighted by atomic mass is 35.5. The van der Waals surface area contributed by atoms with Crippen LogP contribution in [0.1, 0.15) is 67.3 Å². The van der Waals surface area contributed by atoms with Gasteiger partial charge in [0.05, 0.1) is 11.7 Å². The Hall–Kier alpha value is -3.83. The molecule has 0 spiro atoms. The van der Waals surface area contributed by atoms with Gasteiger partial charge in [0, 0.05) is 17.1 Å². The van der Waals surface area contributed by atoms with Crippen molar-refractivity contribution in [3.8, 4) is 5.75 Å². The molecule has 0 unspecified atom stereocenters. The smallest absolute Gasteiger partial charge is 0.248 e. The number of halogens is 1. The van der Waals surface area contributed by atoms with Crippen LogP contribution < -0.4 is 38.3 Å². The Morgan fingerprint density at radius 3 is 2.37 bits per heavy atom. The molecule has 1 fully saturated rings. The Morgan fingerprint density at radius 2 is 1.71 bits per heavy atom. The van der Waals surface area contributed by atoms with E-state index in [0.29, 0.717) is 42.4 Å². The number of primary amides is 1. The molecule has 0 heterocycles. The van der Waals surface area contributed by atoms with E-state index < -0.39 is 29.8 Å². The van der Waals surface area contributed by atoms with Crippen LogP contribution in [-0.4, -0.2) is 42.3 Å². The summed E-state index contributed by atoms with van der Waals surface area (Å²) >= 11 is 5.97. The van der Waals surface area contributed by atoms with Crippen LogP contribution in [0, 0.1) is 5.92 Å². The first-order chi connectivity index (χ1) is 19.6. The van der Waals surface area contributed by atoms with Crippen molar-refractivity contribution in [1.29, 1.82) is 0 Å². The molecule has 0 saturated heterocycles. The van der Waals surface area contributed by atoms with E-state index in [2.05, 4.69) is 15.6 Å². The Labute approximate surface area is 245 Å². The van der Waals surface area contributed by atoms with Crippen LogP contribution in [0.25, 0.3) is 0 Å². The third-order valence-corrected chi connectivity index (χ3v) is 7.31. The topological polar surface area (TPSA) is 201 Å². The van der Waals surface area contributed by atoms with Gasteiger partial charge in [0.25, 0.3) is 0 Å². The second-order valence-electron chi connectivity index (χ2n) is 10.3. The Bertz CT molecular complexity index is 1210. The Kier molecular flexibility index (Phi) is 12.2. The summed E-state index contributed by atoms with van der Waals surface area (Å²) in [4.78, 5) is 42.3. The average molecular weight is 586 g/mol. The molecular formula is C29H40ClN7O4. The molecule has 0 aliphatic heterocycles. The molecule has 0 radical (unpaired) electrons. The molecule has 1 aliphatic rings. The standard InChI is InChI=1S/C29H40ClN7O4/c30-21-11-8-19(9-12-21)17-41-25-16-20(26(32)38)10-13-23(25)36-28(40)24(15-18-5-2-1-3-6-18)37-27(39)22(31)7-4-14-35-29(33)34/h8-13,16,18,22,24H,1-7,14-15,17,31H2,(H2,32,38)(H,36,40)(H,37,39)(H4,33,34,35)/t22-,24-/m0/s1. The monoisotopic (exact) mass is 585 g/mol. The maximum absolute atomic E-state index is 13.6. The SMILES string of the molecule is NC(=O)c1ccc(NC(=O)[C@H](CC2CCCCC2)NC(=O)[C@@H](N)CCCN=C(N)N)c(OCc2ccc(Cl)cc2)c1. The fourth-order valence-corrected chi connectivity index (χ4v) is 4.90. The van der Waals surface area contributed by atoms with Crippen LogP contribution in [0.3, 0.4) is 0 Å². The van der Waals surface area contributed by atoms with Crippen molar-refractivity contribution in [2.45, 2.75) is 70.1 Å². The lowest BCUT2D eigenvalue weighted by atomic mass is 9.84. The molecule has 0 bridgehead atoms. The first kappa shape index (κ1) is 31.7. The zero-order chi connectivity index (χ0) is 29.8. The summed E-state index contributed by atoms with van der Waals surface area (Å²) in [5, 5.41) is 6.33. The quantitative estimate of drug-likeness (QED) is 0.111. The van der Waals surface area contributed by atoms with Crippen LogP contribution in [0.15, 0.2) is 47.5 Å². The molecule has 1 aliphatic carbocycles. The number of nitrogens with one attached hydrogen (secondary N) is 2. The average Bonchev–Trinajstić information content (AvgIpc) is 2.95. The molecule has 3 amide bonds. The third kappa shape index (κ3) is 10.6. The summed E-state index contributed by atoms with van der Waals surface area (Å²) in [6.07, 6.45) is 6.70. The number of carbonyl (C=O) groups is 3. The number of amides is 3. The summed E-state index contributed by atoms with van der Waals surface area (Å²) in [6.45, 7) is 0.522. The highest BCUT2D eigenvalue weighted by Crippen LogP contribution is 2.30. The van der Waals surface area contributed by atoms with Crippen LogP contribution in [0.2, 0.25) is 5.02 Å². The highest BCUT2D eigenvalue weighted by molar-refractivity contribution is 6.30. The number of hydrogen-bond acceptors (Lipinski definition) is 6. The fourth-order valence-electron chi connectivity index (χ4n) is 4.78. The first-order valence-electron chi connectivity index (χ1n) is 13.9. The maximum atomic E-state index is 13.6. The lowest BCUT2D eigenvalue weighted by molar-refractivity contribution is -0.127. The number of rotatable bonds is 14. The number of guanidine groups is 1. The van der Waals surface area contributed by atoms with Gasteiger partial charge in [-0.25, -0.2) is 0 Å². The number of nitrogens with zero attached hydrogens (tertiary/aromatic N) is 1. The predicted molar refractivity (Wildman–Crippen MR) is 160 cm³/mol. The Balaban J connectivity index is 1.75. The van der Waals surface area contributed by atoms with Gasteiger partial charge in [-0.1, -0.05) is 55.8 Å². The van der Waals surface area contributed by atoms with Gasteiger partial charge in [0.1, 0.15) is 18.4 Å². The van der Waals surface area contributed by atoms with Crippen molar-refractivity contribution < 1.29 is 19.1 Å². The lowest BCUT2D eigenvalue weighted by Crippen LogP contribution is -2.50. The van der Waals surface area contributed by atoms with Crippen molar-refractivity contribution >= 4 is 41.0 Å². The number of hydrogen-bond donors (Lipinski definition) is 6. The predicted octanol–water partition coefficient (Wildman–Crippen LogP) is 2.79. The van der Waals surface area contributed by atoms with E-state index in [-0.39, 0.29) is 23.9 Å². The second-order valence-corrected chi connectivity index (χ2v) is 10.8. The molecule has 11 nitrogen and oxygen atoms in total. The molecule has 12 heteroatoms. The van der Waals surface area contributed by atoms with Crippen LogP contribution in [0.4, 0.5) is 5.69 Å². The van der Waals surface area contributed by atoms with Gasteiger partial charge in [-0.05, 0) is 61.1 Å². The third-order valence-electron chi connectivity index (χ3n) is 7.06. The highest BCUT2D eigenvalue weighted by Gasteiger charge is 2.28. The van der Waals surface area contributed by atoms with Crippen LogP contribution >= 0.6 is 11.6 Å². The van der Waals surface area contributed by atoms with Crippen molar-refractivity contribution in [2.75, 3.05) is 11.9 Å². The summed E-state index contributed by atoms with van der Waals surface area (Å²) < 4.78 is 5.97. The Morgan fingerprint density at radius 1 is 1.00 bits per heavy atom. The van der Waals surface area contributed by atoms with Gasteiger partial charge in [-0.2, -0.15) is 0 Å². The normalized spacial score (nSPS) is 14.9. The summed E-state index contributed by atoms with van der Waals surface area (Å²) in [6, 6.07) is 10.0. The first-order valence-corrected chi connectivity index (χ1v) is 14.2. The zero-order valence-corrected chi connectivity index (χ0v) is 23.9. The molecule has 3 rings (SSSR count). The fraction of sp³-hybridized carbons (Fsp3) is 0.448.